The molecular weight excluding hydrogens is 496 g/mol. The Morgan fingerprint density at radius 1 is 1.16 bits per heavy atom. The van der Waals surface area contributed by atoms with Crippen molar-refractivity contribution in [3.05, 3.63) is 94.2 Å². The number of nitrogens with zero attached hydrogens (tertiary/aromatic N) is 2. The van der Waals surface area contributed by atoms with Crippen LogP contribution in [0.3, 0.4) is 0 Å². The number of rotatable bonds is 5. The normalized spacial score (nSPS) is 24.3. The quantitative estimate of drug-likeness (QED) is 0.473. The van der Waals surface area contributed by atoms with Gasteiger partial charge in [0, 0.05) is 52.9 Å². The van der Waals surface area contributed by atoms with E-state index in [1.54, 1.807) is 0 Å². The number of halogens is 1. The molecule has 3 heterocycles. The van der Waals surface area contributed by atoms with Gasteiger partial charge in [-0.3, -0.25) is 4.90 Å². The summed E-state index contributed by atoms with van der Waals surface area (Å²) < 4.78 is 6.22. The van der Waals surface area contributed by atoms with Gasteiger partial charge in [0.15, 0.2) is 6.73 Å². The molecule has 2 unspecified atom stereocenters. The van der Waals surface area contributed by atoms with Gasteiger partial charge in [-0.1, -0.05) is 61.9 Å². The van der Waals surface area contributed by atoms with Crippen LogP contribution in [0.4, 0.5) is 0 Å². The Balaban J connectivity index is 1.48. The van der Waals surface area contributed by atoms with Gasteiger partial charge in [-0.25, -0.2) is 0 Å². The summed E-state index contributed by atoms with van der Waals surface area (Å²) in [4.78, 5) is 4.74. The number of hydrogen-bond donors (Lipinski definition) is 2. The molecule has 1 fully saturated rings. The summed E-state index contributed by atoms with van der Waals surface area (Å²) >= 11 is 6.20. The van der Waals surface area contributed by atoms with E-state index in [1.807, 2.05) is 38.1 Å². The molecule has 2 aromatic rings. The first-order valence-electron chi connectivity index (χ1n) is 13.6. The van der Waals surface area contributed by atoms with Crippen LogP contribution in [0.5, 0.6) is 5.75 Å². The van der Waals surface area contributed by atoms with Gasteiger partial charge in [0.05, 0.1) is 11.7 Å². The van der Waals surface area contributed by atoms with E-state index in [1.165, 1.54) is 5.56 Å². The zero-order valence-electron chi connectivity index (χ0n) is 22.8. The van der Waals surface area contributed by atoms with Gasteiger partial charge < -0.3 is 19.8 Å². The zero-order valence-corrected chi connectivity index (χ0v) is 23.6. The van der Waals surface area contributed by atoms with Crippen LogP contribution in [0.1, 0.15) is 63.3 Å². The second-order valence-corrected chi connectivity index (χ2v) is 12.2. The summed E-state index contributed by atoms with van der Waals surface area (Å²) in [5.41, 5.74) is 4.09. The second-order valence-electron chi connectivity index (χ2n) is 11.8. The van der Waals surface area contributed by atoms with E-state index >= 15 is 0 Å². The van der Waals surface area contributed by atoms with Crippen LogP contribution in [0.15, 0.2) is 72.5 Å². The second kappa shape index (κ2) is 10.5. The largest absolute Gasteiger partial charge is 0.472 e. The van der Waals surface area contributed by atoms with Crippen LogP contribution in [0, 0.1) is 5.41 Å². The predicted octanol–water partition coefficient (Wildman–Crippen LogP) is 6.28. The lowest BCUT2D eigenvalue weighted by Gasteiger charge is -2.49. The summed E-state index contributed by atoms with van der Waals surface area (Å²) in [6.45, 7) is 10.9. The van der Waals surface area contributed by atoms with Crippen LogP contribution < -0.4 is 4.74 Å². The molecule has 0 aromatic heterocycles. The Morgan fingerprint density at radius 2 is 1.92 bits per heavy atom. The van der Waals surface area contributed by atoms with E-state index in [0.29, 0.717) is 6.73 Å². The number of piperidine rings is 1. The molecule has 2 N–H and O–H groups in total. The average molecular weight is 535 g/mol. The molecule has 0 amide bonds. The molecule has 5 rings (SSSR count). The maximum atomic E-state index is 10.9. The minimum Gasteiger partial charge on any atom is -0.472 e. The third-order valence-corrected chi connectivity index (χ3v) is 8.51. The van der Waals surface area contributed by atoms with Gasteiger partial charge in [-0.15, -0.1) is 0 Å². The van der Waals surface area contributed by atoms with Crippen molar-refractivity contribution in [2.45, 2.75) is 58.3 Å². The van der Waals surface area contributed by atoms with Gasteiger partial charge in [0.2, 0.25) is 0 Å². The standard InChI is InChI=1S/C32H39ClN2O3/c1-31(2)29(36)16-19-34(30(31)22-10-13-24(33)14-11-22)18-7-8-25-26-20-23(32(3,4)37)12-15-28(26)38-21-35-17-6-5-9-27(25)35/h5-6,8-15,20,29-30,36-37H,7,16-19,21H2,1-4H3. The van der Waals surface area contributed by atoms with Crippen LogP contribution in [0.2, 0.25) is 5.02 Å². The molecule has 0 bridgehead atoms. The fraction of sp³-hybridized carbons (Fsp3) is 0.438. The lowest BCUT2D eigenvalue weighted by molar-refractivity contribution is -0.0703. The Kier molecular flexibility index (Phi) is 7.49. The maximum Gasteiger partial charge on any atom is 0.161 e. The molecule has 0 spiro atoms. The summed E-state index contributed by atoms with van der Waals surface area (Å²) in [5.74, 6) is 0.834. The third-order valence-electron chi connectivity index (χ3n) is 8.25. The first kappa shape index (κ1) is 27.0. The van der Waals surface area contributed by atoms with Gasteiger partial charge in [-0.05, 0) is 68.2 Å². The van der Waals surface area contributed by atoms with Crippen molar-refractivity contribution in [1.29, 1.82) is 0 Å². The van der Waals surface area contributed by atoms with E-state index in [-0.39, 0.29) is 17.6 Å². The van der Waals surface area contributed by atoms with Gasteiger partial charge >= 0.3 is 0 Å². The van der Waals surface area contributed by atoms with Crippen LogP contribution in [0.25, 0.3) is 5.57 Å². The number of likely N-dealkylation sites (tertiary alicyclic amines) is 1. The molecule has 202 valence electrons. The topological polar surface area (TPSA) is 56.2 Å². The van der Waals surface area contributed by atoms with Crippen LogP contribution in [-0.2, 0) is 5.60 Å². The van der Waals surface area contributed by atoms with E-state index in [4.69, 9.17) is 16.3 Å². The summed E-state index contributed by atoms with van der Waals surface area (Å²) in [6, 6.07) is 14.1. The predicted molar refractivity (Wildman–Crippen MR) is 154 cm³/mol. The summed E-state index contributed by atoms with van der Waals surface area (Å²) in [7, 11) is 0. The fourth-order valence-corrected chi connectivity index (χ4v) is 6.15. The Labute approximate surface area is 231 Å². The SMILES string of the molecule is CC(C)(O)c1ccc2c(c1)C(=CCCN1CCC(O)C(C)(C)C1c1ccc(Cl)cc1)C1=CC=CCN1CO2. The highest BCUT2D eigenvalue weighted by atomic mass is 35.5. The first-order chi connectivity index (χ1) is 18.1. The fourth-order valence-electron chi connectivity index (χ4n) is 6.02. The molecule has 3 aliphatic rings. The maximum absolute atomic E-state index is 10.9. The van der Waals surface area contributed by atoms with Crippen LogP contribution >= 0.6 is 11.6 Å². The number of benzene rings is 2. The van der Waals surface area contributed by atoms with E-state index in [9.17, 15) is 10.2 Å². The molecule has 0 saturated carbocycles. The summed E-state index contributed by atoms with van der Waals surface area (Å²) in [6.07, 6.45) is 9.95. The highest BCUT2D eigenvalue weighted by molar-refractivity contribution is 6.30. The van der Waals surface area contributed by atoms with Crippen molar-refractivity contribution in [3.8, 4) is 5.75 Å². The van der Waals surface area contributed by atoms with Crippen molar-refractivity contribution < 1.29 is 14.9 Å². The molecule has 5 nitrogen and oxygen atoms in total. The van der Waals surface area contributed by atoms with Gasteiger partial charge in [0.1, 0.15) is 5.75 Å². The number of aliphatic hydroxyl groups is 2. The highest BCUT2D eigenvalue weighted by Crippen LogP contribution is 2.46. The zero-order chi connectivity index (χ0) is 27.1. The number of fused-ring (bicyclic) bond motifs is 2. The molecular formula is C32H39ClN2O3. The molecule has 0 radical (unpaired) electrons. The van der Waals surface area contributed by atoms with Crippen molar-refractivity contribution in [1.82, 2.24) is 9.80 Å². The molecule has 0 aliphatic carbocycles. The molecule has 2 atom stereocenters. The number of aliphatic hydroxyl groups excluding tert-OH is 1. The molecule has 3 aliphatic heterocycles. The monoisotopic (exact) mass is 534 g/mol. The van der Waals surface area contributed by atoms with E-state index in [0.717, 1.165) is 65.6 Å². The number of allylic oxidation sites excluding steroid dienone is 3. The lowest BCUT2D eigenvalue weighted by atomic mass is 9.71. The van der Waals surface area contributed by atoms with Crippen molar-refractivity contribution >= 4 is 17.2 Å². The summed E-state index contributed by atoms with van der Waals surface area (Å²) in [5, 5.41) is 22.4. The van der Waals surface area contributed by atoms with E-state index < -0.39 is 5.60 Å². The smallest absolute Gasteiger partial charge is 0.161 e. The molecule has 1 saturated heterocycles. The lowest BCUT2D eigenvalue weighted by Crippen LogP contribution is -2.51. The van der Waals surface area contributed by atoms with E-state index in [2.05, 4.69) is 66.2 Å². The number of ether oxygens (including phenoxy) is 1. The minimum absolute atomic E-state index is 0.0850. The number of hydrogen-bond acceptors (Lipinski definition) is 5. The first-order valence-corrected chi connectivity index (χ1v) is 13.9. The minimum atomic E-state index is -0.945. The third kappa shape index (κ3) is 5.30. The molecule has 38 heavy (non-hydrogen) atoms. The van der Waals surface area contributed by atoms with Gasteiger partial charge in [-0.2, -0.15) is 0 Å². The molecule has 2 aromatic carbocycles. The van der Waals surface area contributed by atoms with Crippen molar-refractivity contribution in [2.24, 2.45) is 5.41 Å². The average Bonchev–Trinajstić information content (AvgIpc) is 3.03. The van der Waals surface area contributed by atoms with Crippen molar-refractivity contribution in [3.63, 3.8) is 0 Å². The Hall–Kier alpha value is -2.57. The Bertz CT molecular complexity index is 1260. The Morgan fingerprint density at radius 3 is 2.66 bits per heavy atom. The van der Waals surface area contributed by atoms with Crippen molar-refractivity contribution in [2.75, 3.05) is 26.4 Å². The molecule has 6 heteroatoms. The highest BCUT2D eigenvalue weighted by Gasteiger charge is 2.44. The van der Waals surface area contributed by atoms with Crippen LogP contribution in [-0.4, -0.2) is 52.5 Å². The van der Waals surface area contributed by atoms with Gasteiger partial charge in [0.25, 0.3) is 0 Å².